The van der Waals surface area contributed by atoms with Gasteiger partial charge in [-0.3, -0.25) is 0 Å². The molecule has 0 aliphatic heterocycles. The Morgan fingerprint density at radius 3 is 2.48 bits per heavy atom. The molecule has 2 aromatic carbocycles. The maximum Gasteiger partial charge on any atom is 0.277 e. The van der Waals surface area contributed by atoms with Crippen molar-refractivity contribution in [3.63, 3.8) is 0 Å². The molecule has 130 valence electrons. The molecule has 0 aliphatic rings. The standard InChI is InChI=1S/C18H17FN2O3S/c1-11(12-4-6-13(19)7-5-12)25-18-21-20-17(24-18)15-9-8-14(22-2)10-16(15)23-3/h4-11H,1-3H3/t11-/m1/s1. The van der Waals surface area contributed by atoms with Crippen molar-refractivity contribution in [2.75, 3.05) is 14.2 Å². The largest absolute Gasteiger partial charge is 0.497 e. The third-order valence-corrected chi connectivity index (χ3v) is 4.65. The van der Waals surface area contributed by atoms with Crippen LogP contribution in [-0.4, -0.2) is 24.4 Å². The molecule has 1 heterocycles. The van der Waals surface area contributed by atoms with Crippen molar-refractivity contribution in [2.45, 2.75) is 17.4 Å². The Bertz CT molecular complexity index is 852. The second kappa shape index (κ2) is 7.57. The van der Waals surface area contributed by atoms with Crippen LogP contribution in [0.4, 0.5) is 4.39 Å². The topological polar surface area (TPSA) is 57.4 Å². The highest BCUT2D eigenvalue weighted by molar-refractivity contribution is 7.99. The quantitative estimate of drug-likeness (QED) is 0.592. The first-order valence-electron chi connectivity index (χ1n) is 7.58. The Balaban J connectivity index is 1.79. The van der Waals surface area contributed by atoms with Crippen LogP contribution in [0.3, 0.4) is 0 Å². The lowest BCUT2D eigenvalue weighted by Crippen LogP contribution is -1.90. The Morgan fingerprint density at radius 1 is 1.04 bits per heavy atom. The van der Waals surface area contributed by atoms with Crippen molar-refractivity contribution in [1.29, 1.82) is 0 Å². The predicted octanol–water partition coefficient (Wildman–Crippen LogP) is 4.75. The van der Waals surface area contributed by atoms with Crippen LogP contribution >= 0.6 is 11.8 Å². The Labute approximate surface area is 149 Å². The molecule has 0 aliphatic carbocycles. The number of hydrogen-bond acceptors (Lipinski definition) is 6. The van der Waals surface area contributed by atoms with E-state index < -0.39 is 0 Å². The molecule has 0 saturated carbocycles. The molecule has 0 radical (unpaired) electrons. The van der Waals surface area contributed by atoms with Gasteiger partial charge < -0.3 is 13.9 Å². The minimum absolute atomic E-state index is 0.0478. The summed E-state index contributed by atoms with van der Waals surface area (Å²) < 4.78 is 29.3. The first-order valence-corrected chi connectivity index (χ1v) is 8.46. The van der Waals surface area contributed by atoms with Gasteiger partial charge in [0.15, 0.2) is 0 Å². The first kappa shape index (κ1) is 17.3. The average Bonchev–Trinajstić information content (AvgIpc) is 3.09. The van der Waals surface area contributed by atoms with E-state index in [0.29, 0.717) is 28.2 Å². The van der Waals surface area contributed by atoms with Gasteiger partial charge in [0.2, 0.25) is 0 Å². The van der Waals surface area contributed by atoms with E-state index in [4.69, 9.17) is 13.9 Å². The van der Waals surface area contributed by atoms with E-state index in [1.54, 1.807) is 38.5 Å². The van der Waals surface area contributed by atoms with Crippen LogP contribution in [0.2, 0.25) is 0 Å². The number of nitrogens with zero attached hydrogens (tertiary/aromatic N) is 2. The fourth-order valence-electron chi connectivity index (χ4n) is 2.29. The Kier molecular flexibility index (Phi) is 5.23. The summed E-state index contributed by atoms with van der Waals surface area (Å²) in [5.41, 5.74) is 1.67. The molecule has 3 aromatic rings. The SMILES string of the molecule is COc1ccc(-c2nnc(S[C@H](C)c3ccc(F)cc3)o2)c(OC)c1. The molecule has 7 heteroatoms. The molecule has 0 spiro atoms. The normalized spacial score (nSPS) is 12.0. The van der Waals surface area contributed by atoms with Crippen LogP contribution in [0.1, 0.15) is 17.7 Å². The second-order valence-electron chi connectivity index (χ2n) is 5.25. The van der Waals surface area contributed by atoms with Gasteiger partial charge in [-0.15, -0.1) is 10.2 Å². The lowest BCUT2D eigenvalue weighted by Gasteiger charge is -2.08. The molecule has 0 N–H and O–H groups in total. The summed E-state index contributed by atoms with van der Waals surface area (Å²) in [5.74, 6) is 1.38. The molecule has 0 fully saturated rings. The molecule has 0 amide bonds. The lowest BCUT2D eigenvalue weighted by atomic mass is 10.2. The maximum atomic E-state index is 13.0. The zero-order chi connectivity index (χ0) is 17.8. The van der Waals surface area contributed by atoms with E-state index in [1.807, 2.05) is 13.0 Å². The number of ether oxygens (including phenoxy) is 2. The summed E-state index contributed by atoms with van der Waals surface area (Å²) >= 11 is 1.41. The summed E-state index contributed by atoms with van der Waals surface area (Å²) in [5, 5.41) is 8.65. The van der Waals surface area contributed by atoms with Crippen LogP contribution in [0, 0.1) is 5.82 Å². The molecule has 0 saturated heterocycles. The molecular weight excluding hydrogens is 343 g/mol. The zero-order valence-corrected chi connectivity index (χ0v) is 14.8. The summed E-state index contributed by atoms with van der Waals surface area (Å²) in [6.07, 6.45) is 0. The van der Waals surface area contributed by atoms with Gasteiger partial charge in [-0.1, -0.05) is 23.9 Å². The number of rotatable bonds is 6. The van der Waals surface area contributed by atoms with Crippen LogP contribution in [0.15, 0.2) is 52.1 Å². The summed E-state index contributed by atoms with van der Waals surface area (Å²) in [6.45, 7) is 2.00. The monoisotopic (exact) mass is 360 g/mol. The summed E-state index contributed by atoms with van der Waals surface area (Å²) in [4.78, 5) is 0. The lowest BCUT2D eigenvalue weighted by molar-refractivity contribution is 0.393. The average molecular weight is 360 g/mol. The van der Waals surface area contributed by atoms with Crippen molar-refractivity contribution in [1.82, 2.24) is 10.2 Å². The molecule has 3 rings (SSSR count). The van der Waals surface area contributed by atoms with E-state index in [-0.39, 0.29) is 11.1 Å². The van der Waals surface area contributed by atoms with E-state index in [1.165, 1.54) is 23.9 Å². The van der Waals surface area contributed by atoms with Crippen LogP contribution in [0.5, 0.6) is 11.5 Å². The molecule has 0 unspecified atom stereocenters. The molecule has 1 atom stereocenters. The highest BCUT2D eigenvalue weighted by Gasteiger charge is 2.17. The number of thioether (sulfide) groups is 1. The summed E-state index contributed by atoms with van der Waals surface area (Å²) in [7, 11) is 3.16. The van der Waals surface area contributed by atoms with Gasteiger partial charge in [0, 0.05) is 11.3 Å². The van der Waals surface area contributed by atoms with E-state index >= 15 is 0 Å². The molecule has 0 bridgehead atoms. The van der Waals surface area contributed by atoms with Gasteiger partial charge in [-0.05, 0) is 36.8 Å². The van der Waals surface area contributed by atoms with E-state index in [0.717, 1.165) is 5.56 Å². The van der Waals surface area contributed by atoms with E-state index in [2.05, 4.69) is 10.2 Å². The number of hydrogen-bond donors (Lipinski definition) is 0. The second-order valence-corrected chi connectivity index (χ2v) is 6.54. The minimum Gasteiger partial charge on any atom is -0.497 e. The minimum atomic E-state index is -0.257. The highest BCUT2D eigenvalue weighted by Crippen LogP contribution is 2.37. The smallest absolute Gasteiger partial charge is 0.277 e. The molecule has 25 heavy (non-hydrogen) atoms. The summed E-state index contributed by atoms with van der Waals surface area (Å²) in [6, 6.07) is 11.7. The predicted molar refractivity (Wildman–Crippen MR) is 93.5 cm³/mol. The van der Waals surface area contributed by atoms with Gasteiger partial charge in [-0.2, -0.15) is 0 Å². The fraction of sp³-hybridized carbons (Fsp3) is 0.222. The van der Waals surface area contributed by atoms with Gasteiger partial charge in [0.1, 0.15) is 17.3 Å². The third-order valence-electron chi connectivity index (χ3n) is 3.66. The number of methoxy groups -OCH3 is 2. The number of halogens is 1. The van der Waals surface area contributed by atoms with Crippen LogP contribution < -0.4 is 9.47 Å². The van der Waals surface area contributed by atoms with Crippen molar-refractivity contribution >= 4 is 11.8 Å². The third kappa shape index (κ3) is 3.93. The number of aromatic nitrogens is 2. The molecule has 1 aromatic heterocycles. The Hall–Kier alpha value is -2.54. The molecular formula is C18H17FN2O3S. The highest BCUT2D eigenvalue weighted by atomic mass is 32.2. The Morgan fingerprint density at radius 2 is 1.80 bits per heavy atom. The van der Waals surface area contributed by atoms with Crippen molar-refractivity contribution in [2.24, 2.45) is 0 Å². The number of benzene rings is 2. The van der Waals surface area contributed by atoms with Crippen molar-refractivity contribution in [3.8, 4) is 23.0 Å². The van der Waals surface area contributed by atoms with Crippen molar-refractivity contribution in [3.05, 3.63) is 53.8 Å². The zero-order valence-electron chi connectivity index (χ0n) is 14.0. The van der Waals surface area contributed by atoms with Gasteiger partial charge in [-0.25, -0.2) is 4.39 Å². The fourth-order valence-corrected chi connectivity index (χ4v) is 3.11. The van der Waals surface area contributed by atoms with E-state index in [9.17, 15) is 4.39 Å². The maximum absolute atomic E-state index is 13.0. The van der Waals surface area contributed by atoms with Crippen molar-refractivity contribution < 1.29 is 18.3 Å². The molecule has 5 nitrogen and oxygen atoms in total. The van der Waals surface area contributed by atoms with Gasteiger partial charge in [0.25, 0.3) is 11.1 Å². The van der Waals surface area contributed by atoms with Gasteiger partial charge >= 0.3 is 0 Å². The van der Waals surface area contributed by atoms with Crippen LogP contribution in [-0.2, 0) is 0 Å². The van der Waals surface area contributed by atoms with Crippen LogP contribution in [0.25, 0.3) is 11.5 Å². The van der Waals surface area contributed by atoms with Gasteiger partial charge in [0.05, 0.1) is 19.8 Å². The first-order chi connectivity index (χ1) is 12.1.